The molecule has 0 unspecified atom stereocenters. The first-order chi connectivity index (χ1) is 14.7. The van der Waals surface area contributed by atoms with Gasteiger partial charge in [0.15, 0.2) is 5.82 Å². The van der Waals surface area contributed by atoms with Crippen LogP contribution in [-0.2, 0) is 6.42 Å². The van der Waals surface area contributed by atoms with Crippen LogP contribution in [0.2, 0.25) is 0 Å². The molecule has 0 bridgehead atoms. The summed E-state index contributed by atoms with van der Waals surface area (Å²) in [4.78, 5) is 20.6. The number of hydrogen-bond acceptors (Lipinski definition) is 6. The standard InChI is InChI=1S/C21H19FN6O2/c1-2-27(21(29)17-5-3-4-6-18(17)28-23-12-13-24-28)14-11-19-25-20(30-26-19)15-7-9-16(22)10-8-15/h3-10,12-13H,2,11,14H2,1H3. The van der Waals surface area contributed by atoms with Gasteiger partial charge in [0, 0.05) is 25.1 Å². The minimum Gasteiger partial charge on any atom is -0.338 e. The Hall–Kier alpha value is -3.88. The minimum atomic E-state index is -0.332. The lowest BCUT2D eigenvalue weighted by Gasteiger charge is -2.21. The normalized spacial score (nSPS) is 10.9. The summed E-state index contributed by atoms with van der Waals surface area (Å²) in [5.74, 6) is 0.325. The van der Waals surface area contributed by atoms with E-state index >= 15 is 0 Å². The zero-order valence-corrected chi connectivity index (χ0v) is 16.3. The van der Waals surface area contributed by atoms with E-state index in [1.165, 1.54) is 16.9 Å². The van der Waals surface area contributed by atoms with Gasteiger partial charge < -0.3 is 9.42 Å². The van der Waals surface area contributed by atoms with E-state index in [4.69, 9.17) is 4.52 Å². The summed E-state index contributed by atoms with van der Waals surface area (Å²) >= 11 is 0. The smallest absolute Gasteiger partial charge is 0.257 e. The number of para-hydroxylation sites is 1. The zero-order valence-electron chi connectivity index (χ0n) is 16.3. The lowest BCUT2D eigenvalue weighted by molar-refractivity contribution is 0.0765. The molecule has 8 nitrogen and oxygen atoms in total. The number of hydrogen-bond donors (Lipinski definition) is 0. The van der Waals surface area contributed by atoms with Crippen LogP contribution < -0.4 is 0 Å². The number of aromatic nitrogens is 5. The van der Waals surface area contributed by atoms with Gasteiger partial charge in [-0.3, -0.25) is 4.79 Å². The van der Waals surface area contributed by atoms with Gasteiger partial charge in [-0.25, -0.2) is 4.39 Å². The van der Waals surface area contributed by atoms with Crippen molar-refractivity contribution < 1.29 is 13.7 Å². The fourth-order valence-electron chi connectivity index (χ4n) is 3.04. The lowest BCUT2D eigenvalue weighted by Crippen LogP contribution is -2.33. The van der Waals surface area contributed by atoms with Crippen molar-refractivity contribution in [2.75, 3.05) is 13.1 Å². The third-order valence-corrected chi connectivity index (χ3v) is 4.60. The topological polar surface area (TPSA) is 89.9 Å². The molecule has 0 aliphatic heterocycles. The Morgan fingerprint density at radius 1 is 1.10 bits per heavy atom. The van der Waals surface area contributed by atoms with Crippen LogP contribution in [0.25, 0.3) is 17.1 Å². The third kappa shape index (κ3) is 4.09. The zero-order chi connectivity index (χ0) is 20.9. The fourth-order valence-corrected chi connectivity index (χ4v) is 3.04. The molecular weight excluding hydrogens is 387 g/mol. The highest BCUT2D eigenvalue weighted by Crippen LogP contribution is 2.18. The molecular formula is C21H19FN6O2. The van der Waals surface area contributed by atoms with Crippen molar-refractivity contribution in [2.24, 2.45) is 0 Å². The molecule has 0 aliphatic rings. The molecule has 1 amide bonds. The van der Waals surface area contributed by atoms with Crippen molar-refractivity contribution in [2.45, 2.75) is 13.3 Å². The quantitative estimate of drug-likeness (QED) is 0.468. The van der Waals surface area contributed by atoms with Gasteiger partial charge in [-0.15, -0.1) is 0 Å². The molecule has 152 valence electrons. The molecule has 0 spiro atoms. The number of likely N-dealkylation sites (N-methyl/N-ethyl adjacent to an activating group) is 1. The maximum Gasteiger partial charge on any atom is 0.257 e. The highest BCUT2D eigenvalue weighted by Gasteiger charge is 2.20. The Morgan fingerprint density at radius 3 is 2.57 bits per heavy atom. The number of nitrogens with zero attached hydrogens (tertiary/aromatic N) is 6. The number of benzene rings is 2. The van der Waals surface area contributed by atoms with Gasteiger partial charge in [0.2, 0.25) is 0 Å². The summed E-state index contributed by atoms with van der Waals surface area (Å²) in [6, 6.07) is 13.0. The Bertz CT molecular complexity index is 1120. The van der Waals surface area contributed by atoms with Crippen LogP contribution in [0.5, 0.6) is 0 Å². The minimum absolute atomic E-state index is 0.132. The van der Waals surface area contributed by atoms with Crippen LogP contribution >= 0.6 is 0 Å². The van der Waals surface area contributed by atoms with E-state index in [1.807, 2.05) is 19.1 Å². The van der Waals surface area contributed by atoms with E-state index < -0.39 is 0 Å². The molecule has 0 N–H and O–H groups in total. The second-order valence-electron chi connectivity index (χ2n) is 6.49. The maximum atomic E-state index is 13.1. The average molecular weight is 406 g/mol. The van der Waals surface area contributed by atoms with Gasteiger partial charge in [0.25, 0.3) is 11.8 Å². The first-order valence-electron chi connectivity index (χ1n) is 9.49. The Morgan fingerprint density at radius 2 is 1.83 bits per heavy atom. The first-order valence-corrected chi connectivity index (χ1v) is 9.49. The van der Waals surface area contributed by atoms with E-state index in [0.29, 0.717) is 48.0 Å². The molecule has 4 rings (SSSR count). The number of rotatable bonds is 7. The van der Waals surface area contributed by atoms with E-state index in [1.54, 1.807) is 41.6 Å². The van der Waals surface area contributed by atoms with Crippen LogP contribution in [0.4, 0.5) is 4.39 Å². The maximum absolute atomic E-state index is 13.1. The summed E-state index contributed by atoms with van der Waals surface area (Å²) in [5.41, 5.74) is 1.76. The summed E-state index contributed by atoms with van der Waals surface area (Å²) in [5, 5.41) is 12.2. The summed E-state index contributed by atoms with van der Waals surface area (Å²) in [6.45, 7) is 2.84. The number of carbonyl (C=O) groups is 1. The lowest BCUT2D eigenvalue weighted by atomic mass is 10.1. The Balaban J connectivity index is 1.47. The van der Waals surface area contributed by atoms with E-state index in [0.717, 1.165) is 0 Å². The van der Waals surface area contributed by atoms with Crippen molar-refractivity contribution in [1.29, 1.82) is 0 Å². The third-order valence-electron chi connectivity index (χ3n) is 4.60. The predicted octanol–water partition coefficient (Wildman–Crippen LogP) is 3.16. The molecule has 0 atom stereocenters. The van der Waals surface area contributed by atoms with Crippen LogP contribution in [-0.4, -0.2) is 49.0 Å². The van der Waals surface area contributed by atoms with Crippen molar-refractivity contribution >= 4 is 5.91 Å². The van der Waals surface area contributed by atoms with Crippen molar-refractivity contribution in [3.8, 4) is 17.1 Å². The summed E-state index contributed by atoms with van der Waals surface area (Å²) in [6.07, 6.45) is 3.55. The largest absolute Gasteiger partial charge is 0.338 e. The summed E-state index contributed by atoms with van der Waals surface area (Å²) in [7, 11) is 0. The number of halogens is 1. The van der Waals surface area contributed by atoms with Crippen LogP contribution in [0.3, 0.4) is 0 Å². The van der Waals surface area contributed by atoms with Crippen molar-refractivity contribution in [1.82, 2.24) is 30.0 Å². The van der Waals surface area contributed by atoms with Gasteiger partial charge in [-0.05, 0) is 43.3 Å². The molecule has 0 saturated heterocycles. The highest BCUT2D eigenvalue weighted by molar-refractivity contribution is 5.97. The average Bonchev–Trinajstić information content (AvgIpc) is 3.47. The summed E-state index contributed by atoms with van der Waals surface area (Å²) < 4.78 is 18.3. The molecule has 9 heteroatoms. The highest BCUT2D eigenvalue weighted by atomic mass is 19.1. The Kier molecular flexibility index (Phi) is 5.60. The fraction of sp³-hybridized carbons (Fsp3) is 0.190. The van der Waals surface area contributed by atoms with Gasteiger partial charge in [0.05, 0.1) is 23.6 Å². The molecule has 30 heavy (non-hydrogen) atoms. The van der Waals surface area contributed by atoms with Crippen molar-refractivity contribution in [3.05, 3.63) is 78.1 Å². The molecule has 2 aromatic heterocycles. The molecule has 2 heterocycles. The molecule has 0 aliphatic carbocycles. The molecule has 0 radical (unpaired) electrons. The van der Waals surface area contributed by atoms with E-state index in [-0.39, 0.29) is 11.7 Å². The SMILES string of the molecule is CCN(CCc1noc(-c2ccc(F)cc2)n1)C(=O)c1ccccc1-n1nccn1. The molecule has 4 aromatic rings. The van der Waals surface area contributed by atoms with Crippen LogP contribution in [0.1, 0.15) is 23.1 Å². The predicted molar refractivity (Wildman–Crippen MR) is 106 cm³/mol. The second-order valence-corrected chi connectivity index (χ2v) is 6.49. The molecule has 2 aromatic carbocycles. The first kappa shape index (κ1) is 19.4. The molecule has 0 saturated carbocycles. The number of amides is 1. The van der Waals surface area contributed by atoms with Crippen LogP contribution in [0, 0.1) is 5.82 Å². The van der Waals surface area contributed by atoms with E-state index in [2.05, 4.69) is 20.3 Å². The van der Waals surface area contributed by atoms with Gasteiger partial charge in [-0.1, -0.05) is 17.3 Å². The Labute approximate surface area is 171 Å². The molecule has 0 fully saturated rings. The van der Waals surface area contributed by atoms with Gasteiger partial charge in [0.1, 0.15) is 5.82 Å². The monoisotopic (exact) mass is 406 g/mol. The number of carbonyl (C=O) groups excluding carboxylic acids is 1. The van der Waals surface area contributed by atoms with Gasteiger partial charge in [-0.2, -0.15) is 20.0 Å². The van der Waals surface area contributed by atoms with Crippen LogP contribution in [0.15, 0.2) is 65.4 Å². The van der Waals surface area contributed by atoms with Gasteiger partial charge >= 0.3 is 0 Å². The van der Waals surface area contributed by atoms with E-state index in [9.17, 15) is 9.18 Å². The second kappa shape index (κ2) is 8.64. The van der Waals surface area contributed by atoms with Crippen molar-refractivity contribution in [3.63, 3.8) is 0 Å².